The van der Waals surface area contributed by atoms with E-state index in [4.69, 9.17) is 10.3 Å². The Morgan fingerprint density at radius 2 is 1.85 bits per heavy atom. The molecule has 8 nitrogen and oxygen atoms in total. The standard InChI is InChI=1S/C18H25N5O3.ClH/c1-11(2)16(19)17(25)20-10-15(24)21-12(3)18-22-14(23-26-18)9-13-7-5-4-6-8-13;/h4-8,11-12,16H,9-10,19H2,1-3H3,(H,20,25)(H,21,24);1H/t12?,16-;/m0./s1. The Hall–Kier alpha value is -2.45. The van der Waals surface area contributed by atoms with Gasteiger partial charge in [-0.05, 0) is 18.4 Å². The van der Waals surface area contributed by atoms with Gasteiger partial charge in [0.05, 0.1) is 12.6 Å². The Morgan fingerprint density at radius 1 is 1.19 bits per heavy atom. The summed E-state index contributed by atoms with van der Waals surface area (Å²) in [5, 5.41) is 9.15. The van der Waals surface area contributed by atoms with Crippen molar-refractivity contribution < 1.29 is 14.1 Å². The topological polar surface area (TPSA) is 123 Å². The number of amides is 2. The lowest BCUT2D eigenvalue weighted by molar-refractivity contribution is -0.127. The molecule has 0 aliphatic carbocycles. The number of nitrogens with one attached hydrogen (secondary N) is 2. The smallest absolute Gasteiger partial charge is 0.248 e. The molecule has 1 aromatic heterocycles. The van der Waals surface area contributed by atoms with Crippen molar-refractivity contribution in [1.29, 1.82) is 0 Å². The summed E-state index contributed by atoms with van der Waals surface area (Å²) in [5.41, 5.74) is 6.80. The van der Waals surface area contributed by atoms with E-state index in [0.29, 0.717) is 18.1 Å². The SMILES string of the molecule is CC(NC(=O)CNC(=O)[C@@H](N)C(C)C)c1nc(Cc2ccccc2)no1.Cl. The quantitative estimate of drug-likeness (QED) is 0.620. The van der Waals surface area contributed by atoms with Crippen LogP contribution in [0, 0.1) is 5.92 Å². The Kier molecular flexibility index (Phi) is 8.90. The Morgan fingerprint density at radius 3 is 2.48 bits per heavy atom. The van der Waals surface area contributed by atoms with Crippen molar-refractivity contribution in [2.45, 2.75) is 39.3 Å². The van der Waals surface area contributed by atoms with Gasteiger partial charge in [-0.3, -0.25) is 9.59 Å². The minimum Gasteiger partial charge on any atom is -0.346 e. The maximum absolute atomic E-state index is 12.0. The van der Waals surface area contributed by atoms with Crippen LogP contribution < -0.4 is 16.4 Å². The van der Waals surface area contributed by atoms with Crippen LogP contribution >= 0.6 is 12.4 Å². The Balaban J connectivity index is 0.00000364. The third kappa shape index (κ3) is 6.99. The highest BCUT2D eigenvalue weighted by atomic mass is 35.5. The van der Waals surface area contributed by atoms with Crippen molar-refractivity contribution in [3.8, 4) is 0 Å². The predicted octanol–water partition coefficient (Wildman–Crippen LogP) is 1.36. The van der Waals surface area contributed by atoms with Gasteiger partial charge < -0.3 is 20.9 Å². The van der Waals surface area contributed by atoms with Gasteiger partial charge in [0.2, 0.25) is 17.7 Å². The molecule has 1 unspecified atom stereocenters. The maximum Gasteiger partial charge on any atom is 0.248 e. The fraction of sp³-hybridized carbons (Fsp3) is 0.444. The first kappa shape index (κ1) is 22.6. The zero-order chi connectivity index (χ0) is 19.1. The summed E-state index contributed by atoms with van der Waals surface area (Å²) in [5.74, 6) is 0.145. The van der Waals surface area contributed by atoms with Crippen molar-refractivity contribution in [1.82, 2.24) is 20.8 Å². The number of rotatable bonds is 8. The highest BCUT2D eigenvalue weighted by Crippen LogP contribution is 2.12. The summed E-state index contributed by atoms with van der Waals surface area (Å²) in [6.07, 6.45) is 0.550. The van der Waals surface area contributed by atoms with Crippen LogP contribution in [-0.4, -0.2) is 34.5 Å². The monoisotopic (exact) mass is 395 g/mol. The number of halogens is 1. The minimum atomic E-state index is -0.642. The molecule has 0 radical (unpaired) electrons. The van der Waals surface area contributed by atoms with Gasteiger partial charge in [0.15, 0.2) is 5.82 Å². The normalized spacial score (nSPS) is 12.8. The molecule has 148 valence electrons. The second-order valence-corrected chi connectivity index (χ2v) is 6.49. The number of aromatic nitrogens is 2. The summed E-state index contributed by atoms with van der Waals surface area (Å²) in [4.78, 5) is 28.0. The molecule has 0 aliphatic heterocycles. The van der Waals surface area contributed by atoms with E-state index in [1.54, 1.807) is 6.92 Å². The molecule has 2 amide bonds. The van der Waals surface area contributed by atoms with E-state index in [0.717, 1.165) is 5.56 Å². The van der Waals surface area contributed by atoms with E-state index in [-0.39, 0.29) is 36.7 Å². The molecule has 27 heavy (non-hydrogen) atoms. The summed E-state index contributed by atoms with van der Waals surface area (Å²) < 4.78 is 5.21. The van der Waals surface area contributed by atoms with E-state index < -0.39 is 12.1 Å². The van der Waals surface area contributed by atoms with Crippen LogP contribution in [0.2, 0.25) is 0 Å². The number of nitrogens with zero attached hydrogens (tertiary/aromatic N) is 2. The van der Waals surface area contributed by atoms with E-state index in [9.17, 15) is 9.59 Å². The predicted molar refractivity (Wildman–Crippen MR) is 103 cm³/mol. The van der Waals surface area contributed by atoms with E-state index in [1.807, 2.05) is 44.2 Å². The second kappa shape index (κ2) is 10.6. The lowest BCUT2D eigenvalue weighted by Crippen LogP contribution is -2.47. The average molecular weight is 396 g/mol. The van der Waals surface area contributed by atoms with Crippen molar-refractivity contribution >= 4 is 24.2 Å². The summed E-state index contributed by atoms with van der Waals surface area (Å²) >= 11 is 0. The van der Waals surface area contributed by atoms with Crippen LogP contribution in [0.25, 0.3) is 0 Å². The number of hydrogen-bond acceptors (Lipinski definition) is 6. The van der Waals surface area contributed by atoms with Crippen molar-refractivity contribution in [2.24, 2.45) is 11.7 Å². The van der Waals surface area contributed by atoms with Gasteiger partial charge in [0, 0.05) is 6.42 Å². The molecular weight excluding hydrogens is 370 g/mol. The summed E-state index contributed by atoms with van der Waals surface area (Å²) in [6.45, 7) is 5.26. The number of carbonyl (C=O) groups is 2. The van der Waals surface area contributed by atoms with Gasteiger partial charge >= 0.3 is 0 Å². The minimum absolute atomic E-state index is 0. The largest absolute Gasteiger partial charge is 0.346 e. The molecule has 1 heterocycles. The van der Waals surface area contributed by atoms with Crippen LogP contribution in [0.3, 0.4) is 0 Å². The lowest BCUT2D eigenvalue weighted by Gasteiger charge is -2.15. The fourth-order valence-electron chi connectivity index (χ4n) is 2.24. The molecule has 0 saturated carbocycles. The second-order valence-electron chi connectivity index (χ2n) is 6.49. The van der Waals surface area contributed by atoms with Crippen LogP contribution in [0.5, 0.6) is 0 Å². The van der Waals surface area contributed by atoms with E-state index >= 15 is 0 Å². The highest BCUT2D eigenvalue weighted by molar-refractivity contribution is 5.87. The van der Waals surface area contributed by atoms with Crippen LogP contribution in [0.1, 0.15) is 44.1 Å². The van der Waals surface area contributed by atoms with Gasteiger partial charge in [0.25, 0.3) is 0 Å². The fourth-order valence-corrected chi connectivity index (χ4v) is 2.24. The van der Waals surface area contributed by atoms with Crippen LogP contribution in [-0.2, 0) is 16.0 Å². The first-order valence-electron chi connectivity index (χ1n) is 8.56. The molecule has 9 heteroatoms. The van der Waals surface area contributed by atoms with E-state index in [2.05, 4.69) is 20.8 Å². The zero-order valence-electron chi connectivity index (χ0n) is 15.6. The van der Waals surface area contributed by atoms with E-state index in [1.165, 1.54) is 0 Å². The lowest BCUT2D eigenvalue weighted by atomic mass is 10.1. The highest BCUT2D eigenvalue weighted by Gasteiger charge is 2.20. The number of hydrogen-bond donors (Lipinski definition) is 3. The molecule has 0 bridgehead atoms. The number of nitrogens with two attached hydrogens (primary N) is 1. The van der Waals surface area contributed by atoms with Gasteiger partial charge in [-0.2, -0.15) is 4.98 Å². The Bertz CT molecular complexity index is 736. The van der Waals surface area contributed by atoms with Crippen molar-refractivity contribution in [2.75, 3.05) is 6.54 Å². The molecule has 0 saturated heterocycles. The van der Waals surface area contributed by atoms with Crippen molar-refractivity contribution in [3.05, 3.63) is 47.6 Å². The third-order valence-corrected chi connectivity index (χ3v) is 3.88. The van der Waals surface area contributed by atoms with Crippen molar-refractivity contribution in [3.63, 3.8) is 0 Å². The molecule has 0 aliphatic rings. The van der Waals surface area contributed by atoms with Crippen LogP contribution in [0.15, 0.2) is 34.9 Å². The summed E-state index contributed by atoms with van der Waals surface area (Å²) in [7, 11) is 0. The Labute approximate surface area is 164 Å². The zero-order valence-corrected chi connectivity index (χ0v) is 16.5. The van der Waals surface area contributed by atoms with Crippen LogP contribution in [0.4, 0.5) is 0 Å². The maximum atomic E-state index is 12.0. The summed E-state index contributed by atoms with van der Waals surface area (Å²) in [6, 6.07) is 8.68. The third-order valence-electron chi connectivity index (χ3n) is 3.88. The molecule has 1 aromatic carbocycles. The molecule has 4 N–H and O–H groups in total. The van der Waals surface area contributed by atoms with Gasteiger partial charge in [0.1, 0.15) is 6.04 Å². The number of carbonyl (C=O) groups excluding carboxylic acids is 2. The number of benzene rings is 1. The molecule has 2 atom stereocenters. The van der Waals surface area contributed by atoms with Gasteiger partial charge in [-0.15, -0.1) is 12.4 Å². The van der Waals surface area contributed by atoms with Gasteiger partial charge in [-0.25, -0.2) is 0 Å². The molecule has 2 rings (SSSR count). The molecule has 0 fully saturated rings. The molecule has 0 spiro atoms. The first-order valence-corrected chi connectivity index (χ1v) is 8.56. The van der Waals surface area contributed by atoms with Gasteiger partial charge in [-0.1, -0.05) is 49.3 Å². The molecule has 2 aromatic rings. The average Bonchev–Trinajstić information content (AvgIpc) is 3.08. The molecular formula is C18H26ClN5O3. The first-order chi connectivity index (χ1) is 12.4.